The molecule has 0 N–H and O–H groups in total. The lowest BCUT2D eigenvalue weighted by Gasteiger charge is -2.13. The Labute approximate surface area is 157 Å². The topological polar surface area (TPSA) is 61.8 Å². The molecular weight excluding hydrogens is 344 g/mol. The van der Waals surface area contributed by atoms with Gasteiger partial charge in [-0.15, -0.1) is 0 Å². The van der Waals surface area contributed by atoms with Crippen LogP contribution in [-0.2, 0) is 14.3 Å². The lowest BCUT2D eigenvalue weighted by molar-refractivity contribution is -0.149. The van der Waals surface area contributed by atoms with Crippen molar-refractivity contribution < 1.29 is 23.8 Å². The molecule has 5 heteroatoms. The number of ether oxygens (including phenoxy) is 3. The molecule has 0 saturated carbocycles. The van der Waals surface area contributed by atoms with Crippen LogP contribution in [0.4, 0.5) is 0 Å². The van der Waals surface area contributed by atoms with Crippen LogP contribution in [0.1, 0.15) is 25.0 Å². The quantitative estimate of drug-likeness (QED) is 0.467. The van der Waals surface area contributed by atoms with Crippen molar-refractivity contribution in [1.29, 1.82) is 0 Å². The Morgan fingerprint density at radius 1 is 0.704 bits per heavy atom. The first-order chi connectivity index (χ1) is 13.0. The van der Waals surface area contributed by atoms with E-state index in [1.165, 1.54) is 0 Å². The van der Waals surface area contributed by atoms with Crippen LogP contribution in [0.15, 0.2) is 65.3 Å². The Morgan fingerprint density at radius 3 is 1.48 bits per heavy atom. The van der Waals surface area contributed by atoms with E-state index in [1.54, 1.807) is 28.1 Å². The van der Waals surface area contributed by atoms with Gasteiger partial charge in [0.25, 0.3) is 0 Å². The number of carbonyl (C=O) groups is 2. The summed E-state index contributed by atoms with van der Waals surface area (Å²) in [6.45, 7) is 3.57. The van der Waals surface area contributed by atoms with Crippen molar-refractivity contribution in [1.82, 2.24) is 0 Å². The Balaban J connectivity index is 2.30. The number of hydrogen-bond donors (Lipinski definition) is 0. The van der Waals surface area contributed by atoms with Gasteiger partial charge >= 0.3 is 11.9 Å². The third-order valence-electron chi connectivity index (χ3n) is 4.35. The first kappa shape index (κ1) is 18.5. The van der Waals surface area contributed by atoms with E-state index in [0.717, 1.165) is 16.7 Å². The molecule has 5 nitrogen and oxygen atoms in total. The molecule has 2 aromatic carbocycles. The molecule has 1 heterocycles. The van der Waals surface area contributed by atoms with Crippen LogP contribution < -0.4 is 9.47 Å². The first-order valence-corrected chi connectivity index (χ1v) is 8.43. The average Bonchev–Trinajstić information content (AvgIpc) is 2.97. The molecule has 0 spiro atoms. The van der Waals surface area contributed by atoms with E-state index in [0.29, 0.717) is 22.6 Å². The smallest absolute Gasteiger partial charge is 0.347 e. The highest BCUT2D eigenvalue weighted by atomic mass is 16.6. The molecule has 0 aliphatic carbocycles. The van der Waals surface area contributed by atoms with Crippen LogP contribution in [0, 0.1) is 0 Å². The maximum Gasteiger partial charge on any atom is 0.347 e. The van der Waals surface area contributed by atoms with Gasteiger partial charge < -0.3 is 14.2 Å². The Morgan fingerprint density at radius 2 is 1.11 bits per heavy atom. The largest absolute Gasteiger partial charge is 0.497 e. The van der Waals surface area contributed by atoms with Crippen molar-refractivity contribution in [3.05, 3.63) is 76.4 Å². The summed E-state index contributed by atoms with van der Waals surface area (Å²) in [6.07, 6.45) is 0. The highest BCUT2D eigenvalue weighted by Crippen LogP contribution is 2.37. The molecule has 1 saturated heterocycles. The normalized spacial score (nSPS) is 13.5. The zero-order chi connectivity index (χ0) is 19.6. The van der Waals surface area contributed by atoms with Gasteiger partial charge in [-0.25, -0.2) is 9.59 Å². The minimum Gasteiger partial charge on any atom is -0.497 e. The van der Waals surface area contributed by atoms with Crippen LogP contribution in [0.2, 0.25) is 0 Å². The van der Waals surface area contributed by atoms with Crippen molar-refractivity contribution in [2.45, 2.75) is 13.8 Å². The van der Waals surface area contributed by atoms with E-state index < -0.39 is 11.9 Å². The van der Waals surface area contributed by atoms with Crippen molar-refractivity contribution in [2.24, 2.45) is 0 Å². The maximum atomic E-state index is 12.5. The summed E-state index contributed by atoms with van der Waals surface area (Å²) in [5.74, 6) is 0.142. The Bertz CT molecular complexity index is 894. The van der Waals surface area contributed by atoms with Gasteiger partial charge in [-0.2, -0.15) is 0 Å². The van der Waals surface area contributed by atoms with E-state index in [-0.39, 0.29) is 5.57 Å². The summed E-state index contributed by atoms with van der Waals surface area (Å²) in [5, 5.41) is 0. The van der Waals surface area contributed by atoms with Crippen LogP contribution in [0.5, 0.6) is 11.5 Å². The molecule has 1 aliphatic rings. The molecule has 27 heavy (non-hydrogen) atoms. The number of allylic oxidation sites excluding steroid dienone is 1. The van der Waals surface area contributed by atoms with Gasteiger partial charge in [0.15, 0.2) is 0 Å². The second-order valence-corrected chi connectivity index (χ2v) is 6.26. The Kier molecular flexibility index (Phi) is 5.12. The monoisotopic (exact) mass is 364 g/mol. The number of esters is 2. The second kappa shape index (κ2) is 7.50. The highest BCUT2D eigenvalue weighted by molar-refractivity contribution is 6.23. The molecule has 0 aromatic heterocycles. The fourth-order valence-corrected chi connectivity index (χ4v) is 3.04. The zero-order valence-corrected chi connectivity index (χ0v) is 15.7. The molecule has 0 atom stereocenters. The van der Waals surface area contributed by atoms with Gasteiger partial charge in [0.1, 0.15) is 11.5 Å². The van der Waals surface area contributed by atoms with Crippen molar-refractivity contribution in [3.8, 4) is 11.5 Å². The Hall–Kier alpha value is -3.34. The molecular formula is C22H20O5. The van der Waals surface area contributed by atoms with Gasteiger partial charge in [-0.05, 0) is 49.2 Å². The number of benzene rings is 2. The molecule has 2 aromatic rings. The fraction of sp³-hybridized carbons (Fsp3) is 0.182. The molecule has 3 rings (SSSR count). The van der Waals surface area contributed by atoms with Crippen LogP contribution in [0.3, 0.4) is 0 Å². The van der Waals surface area contributed by atoms with Gasteiger partial charge in [-0.1, -0.05) is 29.8 Å². The molecule has 138 valence electrons. The number of cyclic esters (lactones) is 2. The van der Waals surface area contributed by atoms with Gasteiger partial charge in [-0.3, -0.25) is 0 Å². The predicted molar refractivity (Wildman–Crippen MR) is 101 cm³/mol. The van der Waals surface area contributed by atoms with Crippen LogP contribution >= 0.6 is 0 Å². The van der Waals surface area contributed by atoms with E-state index in [2.05, 4.69) is 0 Å². The summed E-state index contributed by atoms with van der Waals surface area (Å²) < 4.78 is 15.4. The summed E-state index contributed by atoms with van der Waals surface area (Å²) in [4.78, 5) is 24.8. The number of carbonyl (C=O) groups excluding carboxylic acids is 2. The van der Waals surface area contributed by atoms with E-state index in [9.17, 15) is 9.59 Å². The van der Waals surface area contributed by atoms with E-state index in [1.807, 2.05) is 48.5 Å². The maximum absolute atomic E-state index is 12.5. The third kappa shape index (κ3) is 3.49. The molecule has 1 aliphatic heterocycles. The molecule has 0 radical (unpaired) electrons. The SMILES string of the molecule is COc1ccc(C(=C2C(=O)OC(=O)C2=C(C)C)c2ccc(OC)cc2)cc1. The lowest BCUT2D eigenvalue weighted by Crippen LogP contribution is -2.03. The molecule has 0 unspecified atom stereocenters. The molecule has 0 bridgehead atoms. The van der Waals surface area contributed by atoms with Gasteiger partial charge in [0, 0.05) is 5.57 Å². The second-order valence-electron chi connectivity index (χ2n) is 6.26. The minimum atomic E-state index is -0.641. The van der Waals surface area contributed by atoms with Crippen molar-refractivity contribution in [2.75, 3.05) is 14.2 Å². The zero-order valence-electron chi connectivity index (χ0n) is 15.7. The minimum absolute atomic E-state index is 0.273. The fourth-order valence-electron chi connectivity index (χ4n) is 3.04. The standard InChI is InChI=1S/C22H20O5/c1-13(2)18-20(22(24)27-21(18)23)19(14-5-9-16(25-3)10-6-14)15-7-11-17(26-4)12-8-15/h5-12H,1-4H3. The lowest BCUT2D eigenvalue weighted by atomic mass is 9.89. The summed E-state index contributed by atoms with van der Waals surface area (Å²) in [6, 6.07) is 14.6. The van der Waals surface area contributed by atoms with Crippen molar-refractivity contribution >= 4 is 17.5 Å². The van der Waals surface area contributed by atoms with Gasteiger partial charge in [0.2, 0.25) is 0 Å². The van der Waals surface area contributed by atoms with E-state index >= 15 is 0 Å². The number of rotatable bonds is 4. The molecule has 1 fully saturated rings. The molecule has 0 amide bonds. The van der Waals surface area contributed by atoms with Gasteiger partial charge in [0.05, 0.1) is 25.4 Å². The first-order valence-electron chi connectivity index (χ1n) is 8.43. The number of hydrogen-bond acceptors (Lipinski definition) is 5. The summed E-state index contributed by atoms with van der Waals surface area (Å²) >= 11 is 0. The highest BCUT2D eigenvalue weighted by Gasteiger charge is 2.37. The summed E-state index contributed by atoms with van der Waals surface area (Å²) in [7, 11) is 3.18. The van der Waals surface area contributed by atoms with Crippen LogP contribution in [0.25, 0.3) is 5.57 Å². The van der Waals surface area contributed by atoms with E-state index in [4.69, 9.17) is 14.2 Å². The van der Waals surface area contributed by atoms with Crippen LogP contribution in [-0.4, -0.2) is 26.2 Å². The number of methoxy groups -OCH3 is 2. The summed E-state index contributed by atoms with van der Waals surface area (Å²) in [5.41, 5.74) is 3.49. The predicted octanol–water partition coefficient (Wildman–Crippen LogP) is 3.93. The average molecular weight is 364 g/mol. The van der Waals surface area contributed by atoms with Crippen molar-refractivity contribution in [3.63, 3.8) is 0 Å². The third-order valence-corrected chi connectivity index (χ3v) is 4.35.